The molecule has 1 aromatic carbocycles. The van der Waals surface area contributed by atoms with Crippen LogP contribution in [0.3, 0.4) is 0 Å². The monoisotopic (exact) mass is 262 g/mol. The molecule has 2 nitrogen and oxygen atoms in total. The standard InChI is InChI=1S/C15H22N2S/c1-4-7-14-16-12-8-5-6-9-13(12)17(14)10-15(2,3)11-18/h5-6,8-9,18H,4,7,10-11H2,1-3H3. The molecule has 1 aromatic heterocycles. The molecule has 2 aromatic rings. The molecular formula is C15H22N2S. The number of nitrogens with zero attached hydrogens (tertiary/aromatic N) is 2. The molecule has 98 valence electrons. The molecule has 0 saturated heterocycles. The molecule has 0 radical (unpaired) electrons. The highest BCUT2D eigenvalue weighted by molar-refractivity contribution is 7.80. The number of imidazole rings is 1. The molecule has 0 amide bonds. The smallest absolute Gasteiger partial charge is 0.109 e. The summed E-state index contributed by atoms with van der Waals surface area (Å²) in [4.78, 5) is 4.76. The lowest BCUT2D eigenvalue weighted by molar-refractivity contribution is 0.352. The van der Waals surface area contributed by atoms with Crippen molar-refractivity contribution < 1.29 is 0 Å². The van der Waals surface area contributed by atoms with Gasteiger partial charge in [-0.25, -0.2) is 4.98 Å². The van der Waals surface area contributed by atoms with Crippen LogP contribution < -0.4 is 0 Å². The van der Waals surface area contributed by atoms with Gasteiger partial charge in [-0.15, -0.1) is 0 Å². The van der Waals surface area contributed by atoms with E-state index in [9.17, 15) is 0 Å². The molecule has 0 aliphatic rings. The Hall–Kier alpha value is -0.960. The molecule has 0 unspecified atom stereocenters. The molecule has 0 spiro atoms. The normalized spacial score (nSPS) is 12.2. The van der Waals surface area contributed by atoms with Crippen LogP contribution in [0, 0.1) is 5.41 Å². The van der Waals surface area contributed by atoms with Gasteiger partial charge in [-0.3, -0.25) is 0 Å². The number of para-hydroxylation sites is 2. The minimum Gasteiger partial charge on any atom is -0.327 e. The van der Waals surface area contributed by atoms with Gasteiger partial charge in [0, 0.05) is 13.0 Å². The number of thiol groups is 1. The van der Waals surface area contributed by atoms with Crippen molar-refractivity contribution in [2.75, 3.05) is 5.75 Å². The first-order valence-corrected chi connectivity index (χ1v) is 7.25. The fraction of sp³-hybridized carbons (Fsp3) is 0.533. The Morgan fingerprint density at radius 1 is 1.28 bits per heavy atom. The van der Waals surface area contributed by atoms with Crippen molar-refractivity contribution in [2.45, 2.75) is 40.2 Å². The third-order valence-electron chi connectivity index (χ3n) is 3.22. The number of benzene rings is 1. The number of fused-ring (bicyclic) bond motifs is 1. The molecule has 3 heteroatoms. The fourth-order valence-corrected chi connectivity index (χ4v) is 2.29. The summed E-state index contributed by atoms with van der Waals surface area (Å²) in [6.45, 7) is 7.69. The summed E-state index contributed by atoms with van der Waals surface area (Å²) in [5.41, 5.74) is 2.54. The summed E-state index contributed by atoms with van der Waals surface area (Å²) in [6.07, 6.45) is 2.17. The summed E-state index contributed by atoms with van der Waals surface area (Å²) in [5.74, 6) is 2.08. The number of rotatable bonds is 5. The second-order valence-corrected chi connectivity index (χ2v) is 5.99. The lowest BCUT2D eigenvalue weighted by Gasteiger charge is -2.24. The van der Waals surface area contributed by atoms with Crippen LogP contribution in [0.15, 0.2) is 24.3 Å². The molecule has 0 atom stereocenters. The van der Waals surface area contributed by atoms with Crippen LogP contribution in [0.5, 0.6) is 0 Å². The second kappa shape index (κ2) is 5.35. The molecule has 0 N–H and O–H groups in total. The van der Waals surface area contributed by atoms with Crippen LogP contribution in [0.4, 0.5) is 0 Å². The summed E-state index contributed by atoms with van der Waals surface area (Å²) in [7, 11) is 0. The predicted molar refractivity (Wildman–Crippen MR) is 81.4 cm³/mol. The van der Waals surface area contributed by atoms with Gasteiger partial charge < -0.3 is 4.57 Å². The molecule has 0 aliphatic carbocycles. The van der Waals surface area contributed by atoms with E-state index in [1.165, 1.54) is 11.3 Å². The average Bonchev–Trinajstić information content (AvgIpc) is 2.68. The SMILES string of the molecule is CCCc1nc2ccccc2n1CC(C)(C)CS. The zero-order valence-electron chi connectivity index (χ0n) is 11.5. The second-order valence-electron chi connectivity index (χ2n) is 5.68. The van der Waals surface area contributed by atoms with Gasteiger partial charge in [-0.05, 0) is 29.7 Å². The van der Waals surface area contributed by atoms with Gasteiger partial charge in [-0.1, -0.05) is 32.9 Å². The lowest BCUT2D eigenvalue weighted by Crippen LogP contribution is -2.22. The van der Waals surface area contributed by atoms with Crippen molar-refractivity contribution in [3.63, 3.8) is 0 Å². The van der Waals surface area contributed by atoms with Crippen LogP contribution >= 0.6 is 12.6 Å². The minimum atomic E-state index is 0.190. The Morgan fingerprint density at radius 3 is 2.67 bits per heavy atom. The van der Waals surface area contributed by atoms with E-state index in [1.54, 1.807) is 0 Å². The van der Waals surface area contributed by atoms with Gasteiger partial charge in [0.2, 0.25) is 0 Å². The summed E-state index contributed by atoms with van der Waals surface area (Å²) in [6, 6.07) is 8.40. The number of hydrogen-bond acceptors (Lipinski definition) is 2. The van der Waals surface area contributed by atoms with Crippen molar-refractivity contribution in [3.05, 3.63) is 30.1 Å². The Bertz CT molecular complexity index is 528. The van der Waals surface area contributed by atoms with Crippen LogP contribution in [-0.2, 0) is 13.0 Å². The van der Waals surface area contributed by atoms with E-state index in [0.29, 0.717) is 0 Å². The predicted octanol–water partition coefficient (Wildman–Crippen LogP) is 3.94. The van der Waals surface area contributed by atoms with Gasteiger partial charge in [-0.2, -0.15) is 12.6 Å². The Labute approximate surface area is 115 Å². The van der Waals surface area contributed by atoms with Gasteiger partial charge in [0.25, 0.3) is 0 Å². The summed E-state index contributed by atoms with van der Waals surface area (Å²) < 4.78 is 2.37. The summed E-state index contributed by atoms with van der Waals surface area (Å²) >= 11 is 4.46. The first-order chi connectivity index (χ1) is 8.57. The van der Waals surface area contributed by atoms with Gasteiger partial charge in [0.05, 0.1) is 11.0 Å². The topological polar surface area (TPSA) is 17.8 Å². The van der Waals surface area contributed by atoms with E-state index in [2.05, 4.69) is 62.2 Å². The van der Waals surface area contributed by atoms with Crippen LogP contribution in [0.25, 0.3) is 11.0 Å². The molecule has 0 fully saturated rings. The van der Waals surface area contributed by atoms with Crippen molar-refractivity contribution in [2.24, 2.45) is 5.41 Å². The molecule has 0 bridgehead atoms. The van der Waals surface area contributed by atoms with Crippen molar-refractivity contribution in [3.8, 4) is 0 Å². The third kappa shape index (κ3) is 2.72. The molecule has 0 aliphatic heterocycles. The average molecular weight is 262 g/mol. The van der Waals surface area contributed by atoms with E-state index in [-0.39, 0.29) is 5.41 Å². The minimum absolute atomic E-state index is 0.190. The highest BCUT2D eigenvalue weighted by Gasteiger charge is 2.20. The molecule has 0 saturated carbocycles. The maximum atomic E-state index is 4.76. The van der Waals surface area contributed by atoms with Gasteiger partial charge in [0.15, 0.2) is 0 Å². The van der Waals surface area contributed by atoms with Gasteiger partial charge >= 0.3 is 0 Å². The molecule has 18 heavy (non-hydrogen) atoms. The maximum absolute atomic E-state index is 4.76. The largest absolute Gasteiger partial charge is 0.327 e. The van der Waals surface area contributed by atoms with E-state index in [0.717, 1.165) is 30.7 Å². The van der Waals surface area contributed by atoms with E-state index < -0.39 is 0 Å². The van der Waals surface area contributed by atoms with E-state index in [1.807, 2.05) is 0 Å². The van der Waals surface area contributed by atoms with Crippen molar-refractivity contribution in [1.82, 2.24) is 9.55 Å². The van der Waals surface area contributed by atoms with Crippen LogP contribution in [0.2, 0.25) is 0 Å². The van der Waals surface area contributed by atoms with Crippen LogP contribution in [-0.4, -0.2) is 15.3 Å². The van der Waals surface area contributed by atoms with Crippen molar-refractivity contribution >= 4 is 23.7 Å². The number of aromatic nitrogens is 2. The Kier molecular flexibility index (Phi) is 4.00. The van der Waals surface area contributed by atoms with E-state index in [4.69, 9.17) is 4.98 Å². The fourth-order valence-electron chi connectivity index (χ4n) is 2.19. The number of hydrogen-bond donors (Lipinski definition) is 1. The van der Waals surface area contributed by atoms with E-state index >= 15 is 0 Å². The molecular weight excluding hydrogens is 240 g/mol. The first kappa shape index (κ1) is 13.5. The maximum Gasteiger partial charge on any atom is 0.109 e. The Morgan fingerprint density at radius 2 is 2.00 bits per heavy atom. The van der Waals surface area contributed by atoms with Crippen LogP contribution in [0.1, 0.15) is 33.0 Å². The zero-order chi connectivity index (χ0) is 13.2. The highest BCUT2D eigenvalue weighted by Crippen LogP contribution is 2.25. The number of aryl methyl sites for hydroxylation is 1. The molecule has 2 rings (SSSR count). The van der Waals surface area contributed by atoms with Gasteiger partial charge in [0.1, 0.15) is 5.82 Å². The lowest BCUT2D eigenvalue weighted by atomic mass is 9.96. The quantitative estimate of drug-likeness (QED) is 0.808. The van der Waals surface area contributed by atoms with Crippen molar-refractivity contribution in [1.29, 1.82) is 0 Å². The molecule has 1 heterocycles. The zero-order valence-corrected chi connectivity index (χ0v) is 12.4. The summed E-state index contributed by atoms with van der Waals surface area (Å²) in [5, 5.41) is 0. The highest BCUT2D eigenvalue weighted by atomic mass is 32.1. The third-order valence-corrected chi connectivity index (χ3v) is 4.08. The first-order valence-electron chi connectivity index (χ1n) is 6.62. The Balaban J connectivity index is 2.48.